The van der Waals surface area contributed by atoms with Crippen LogP contribution >= 0.6 is 11.3 Å². The zero-order valence-corrected chi connectivity index (χ0v) is 17.7. The first-order valence-electron chi connectivity index (χ1n) is 10.6. The summed E-state index contributed by atoms with van der Waals surface area (Å²) < 4.78 is 2.27. The van der Waals surface area contributed by atoms with Crippen molar-refractivity contribution in [3.8, 4) is 0 Å². The highest BCUT2D eigenvalue weighted by Gasteiger charge is 2.37. The smallest absolute Gasteiger partial charge is 0.230 e. The summed E-state index contributed by atoms with van der Waals surface area (Å²) in [5.74, 6) is 1.40. The van der Waals surface area contributed by atoms with Gasteiger partial charge in [-0.05, 0) is 47.2 Å². The Hall–Kier alpha value is -2.73. The van der Waals surface area contributed by atoms with E-state index in [2.05, 4.69) is 32.6 Å². The van der Waals surface area contributed by atoms with Gasteiger partial charge >= 0.3 is 0 Å². The molecule has 2 aliphatic rings. The van der Waals surface area contributed by atoms with E-state index in [1.54, 1.807) is 11.3 Å². The van der Waals surface area contributed by atoms with Gasteiger partial charge in [0.2, 0.25) is 5.91 Å². The van der Waals surface area contributed by atoms with Crippen molar-refractivity contribution in [1.29, 1.82) is 0 Å². The maximum atomic E-state index is 13.2. The number of Topliss-reactive ketones (excluding diaryl/α,β-unsaturated/α-hetero) is 1. The molecule has 0 radical (unpaired) electrons. The normalized spacial score (nSPS) is 19.3. The number of amides is 1. The molecule has 5 nitrogen and oxygen atoms in total. The topological polar surface area (TPSA) is 55.2 Å². The number of likely N-dealkylation sites (tertiary alicyclic amines) is 1. The van der Waals surface area contributed by atoms with Crippen LogP contribution in [0, 0.1) is 0 Å². The zero-order chi connectivity index (χ0) is 20.5. The number of rotatable bonds is 5. The fourth-order valence-corrected chi connectivity index (χ4v) is 5.52. The van der Waals surface area contributed by atoms with Crippen LogP contribution in [0.1, 0.15) is 58.4 Å². The van der Waals surface area contributed by atoms with E-state index in [1.165, 1.54) is 5.56 Å². The van der Waals surface area contributed by atoms with Crippen LogP contribution in [0.5, 0.6) is 0 Å². The molecule has 154 valence electrons. The number of nitrogens with zero attached hydrogens (tertiary/aromatic N) is 3. The van der Waals surface area contributed by atoms with E-state index >= 15 is 0 Å². The third kappa shape index (κ3) is 3.60. The summed E-state index contributed by atoms with van der Waals surface area (Å²) in [6.07, 6.45) is 7.12. The number of piperidine rings is 1. The lowest BCUT2D eigenvalue weighted by molar-refractivity contribution is -0.133. The van der Waals surface area contributed by atoms with Gasteiger partial charge in [0.25, 0.3) is 0 Å². The van der Waals surface area contributed by atoms with Gasteiger partial charge in [0.1, 0.15) is 5.82 Å². The summed E-state index contributed by atoms with van der Waals surface area (Å²) in [4.78, 5) is 32.0. The molecule has 30 heavy (non-hydrogen) atoms. The minimum atomic E-state index is -0.308. The fourth-order valence-electron chi connectivity index (χ4n) is 4.81. The molecule has 1 aromatic carbocycles. The van der Waals surface area contributed by atoms with E-state index in [0.29, 0.717) is 12.3 Å². The van der Waals surface area contributed by atoms with Crippen LogP contribution < -0.4 is 0 Å². The molecule has 0 N–H and O–H groups in total. The van der Waals surface area contributed by atoms with Crippen molar-refractivity contribution in [3.05, 3.63) is 76.0 Å². The lowest BCUT2D eigenvalue weighted by Crippen LogP contribution is -2.40. The third-order valence-electron chi connectivity index (χ3n) is 6.47. The van der Waals surface area contributed by atoms with E-state index in [-0.39, 0.29) is 17.6 Å². The van der Waals surface area contributed by atoms with Crippen molar-refractivity contribution in [2.75, 3.05) is 13.1 Å². The SMILES string of the molecule is O=C1CC(C(=O)N2CCC(c3nccn3CCc3ccsc3)CC2)c2ccccc21. The third-order valence-corrected chi connectivity index (χ3v) is 7.20. The molecule has 0 saturated carbocycles. The average Bonchev–Trinajstić information content (AvgIpc) is 3.53. The van der Waals surface area contributed by atoms with Crippen LogP contribution in [0.3, 0.4) is 0 Å². The van der Waals surface area contributed by atoms with Gasteiger partial charge in [-0.1, -0.05) is 24.3 Å². The molecule has 1 aliphatic carbocycles. The summed E-state index contributed by atoms with van der Waals surface area (Å²) in [6.45, 7) is 2.40. The second-order valence-electron chi connectivity index (χ2n) is 8.23. The molecule has 1 aliphatic heterocycles. The average molecular weight is 420 g/mol. The van der Waals surface area contributed by atoms with Gasteiger partial charge in [-0.2, -0.15) is 11.3 Å². The zero-order valence-electron chi connectivity index (χ0n) is 16.9. The standard InChI is InChI=1S/C24H25N3O2S/c28-22-15-21(19-3-1-2-4-20(19)22)24(29)27-11-6-18(7-12-27)23-25-9-13-26(23)10-5-17-8-14-30-16-17/h1-4,8-9,13-14,16,18,21H,5-7,10-12,15H2. The Balaban J connectivity index is 1.22. The van der Waals surface area contributed by atoms with Crippen LogP contribution in [-0.4, -0.2) is 39.2 Å². The minimum absolute atomic E-state index is 0.0893. The molecule has 1 fully saturated rings. The van der Waals surface area contributed by atoms with E-state index in [0.717, 1.165) is 55.8 Å². The monoisotopic (exact) mass is 419 g/mol. The molecule has 2 aromatic heterocycles. The molecule has 5 rings (SSSR count). The second kappa shape index (κ2) is 8.19. The highest BCUT2D eigenvalue weighted by Crippen LogP contribution is 2.36. The van der Waals surface area contributed by atoms with Gasteiger partial charge in [0.05, 0.1) is 5.92 Å². The molecule has 1 saturated heterocycles. The highest BCUT2D eigenvalue weighted by molar-refractivity contribution is 7.07. The number of aromatic nitrogens is 2. The first kappa shape index (κ1) is 19.2. The number of ketones is 1. The summed E-state index contributed by atoms with van der Waals surface area (Å²) in [5.41, 5.74) is 2.99. The predicted octanol–water partition coefficient (Wildman–Crippen LogP) is 4.26. The molecular weight excluding hydrogens is 394 g/mol. The van der Waals surface area contributed by atoms with E-state index in [4.69, 9.17) is 0 Å². The Bertz CT molecular complexity index is 1050. The Morgan fingerprint density at radius 1 is 1.17 bits per heavy atom. The Labute approximate surface area is 180 Å². The van der Waals surface area contributed by atoms with Crippen LogP contribution in [0.25, 0.3) is 0 Å². The fraction of sp³-hybridized carbons (Fsp3) is 0.375. The van der Waals surface area contributed by atoms with Gasteiger partial charge in [0, 0.05) is 49.9 Å². The van der Waals surface area contributed by atoms with Gasteiger partial charge in [0.15, 0.2) is 5.78 Å². The van der Waals surface area contributed by atoms with Crippen molar-refractivity contribution in [3.63, 3.8) is 0 Å². The van der Waals surface area contributed by atoms with Gasteiger partial charge in [-0.25, -0.2) is 4.98 Å². The molecule has 1 unspecified atom stereocenters. The van der Waals surface area contributed by atoms with Gasteiger partial charge < -0.3 is 9.47 Å². The van der Waals surface area contributed by atoms with Crippen molar-refractivity contribution >= 4 is 23.0 Å². The van der Waals surface area contributed by atoms with Crippen LogP contribution in [-0.2, 0) is 17.8 Å². The number of aryl methyl sites for hydroxylation is 2. The maximum Gasteiger partial charge on any atom is 0.230 e. The number of benzene rings is 1. The van der Waals surface area contributed by atoms with Crippen molar-refractivity contribution in [2.45, 2.75) is 44.1 Å². The van der Waals surface area contributed by atoms with Crippen LogP contribution in [0.15, 0.2) is 53.5 Å². The Morgan fingerprint density at radius 3 is 2.80 bits per heavy atom. The second-order valence-corrected chi connectivity index (χ2v) is 9.01. The lowest BCUT2D eigenvalue weighted by Gasteiger charge is -2.33. The Kier molecular flexibility index (Phi) is 5.25. The van der Waals surface area contributed by atoms with Crippen LogP contribution in [0.2, 0.25) is 0 Å². The summed E-state index contributed by atoms with van der Waals surface area (Å²) in [5, 5.41) is 4.32. The molecule has 0 spiro atoms. The Morgan fingerprint density at radius 2 is 2.00 bits per heavy atom. The summed E-state index contributed by atoms with van der Waals surface area (Å²) in [7, 11) is 0. The number of imidazole rings is 1. The largest absolute Gasteiger partial charge is 0.342 e. The van der Waals surface area contributed by atoms with Crippen LogP contribution in [0.4, 0.5) is 0 Å². The predicted molar refractivity (Wildman–Crippen MR) is 117 cm³/mol. The molecule has 6 heteroatoms. The maximum absolute atomic E-state index is 13.2. The van der Waals surface area contributed by atoms with Crippen molar-refractivity contribution in [1.82, 2.24) is 14.5 Å². The van der Waals surface area contributed by atoms with Crippen molar-refractivity contribution < 1.29 is 9.59 Å². The van der Waals surface area contributed by atoms with E-state index in [9.17, 15) is 9.59 Å². The van der Waals surface area contributed by atoms with Crippen molar-refractivity contribution in [2.24, 2.45) is 0 Å². The summed E-state index contributed by atoms with van der Waals surface area (Å²) >= 11 is 1.73. The number of carbonyl (C=O) groups excluding carboxylic acids is 2. The highest BCUT2D eigenvalue weighted by atomic mass is 32.1. The number of carbonyl (C=O) groups is 2. The number of thiophene rings is 1. The first-order valence-corrected chi connectivity index (χ1v) is 11.6. The number of hydrogen-bond acceptors (Lipinski definition) is 4. The van der Waals surface area contributed by atoms with Gasteiger partial charge in [-0.3, -0.25) is 9.59 Å². The van der Waals surface area contributed by atoms with E-state index < -0.39 is 0 Å². The molecule has 1 amide bonds. The van der Waals surface area contributed by atoms with E-state index in [1.807, 2.05) is 35.4 Å². The van der Waals surface area contributed by atoms with Gasteiger partial charge in [-0.15, -0.1) is 0 Å². The minimum Gasteiger partial charge on any atom is -0.342 e. The lowest BCUT2D eigenvalue weighted by atomic mass is 9.93. The molecule has 3 heterocycles. The first-order chi connectivity index (χ1) is 14.7. The molecule has 3 aromatic rings. The number of hydrogen-bond donors (Lipinski definition) is 0. The molecular formula is C24H25N3O2S. The quantitative estimate of drug-likeness (QED) is 0.621. The molecule has 1 atom stereocenters. The summed E-state index contributed by atoms with van der Waals surface area (Å²) in [6, 6.07) is 9.74. The number of fused-ring (bicyclic) bond motifs is 1. The molecule has 0 bridgehead atoms.